The van der Waals surface area contributed by atoms with Crippen LogP contribution in [0.1, 0.15) is 5.56 Å². The molecule has 0 saturated heterocycles. The van der Waals surface area contributed by atoms with E-state index in [-0.39, 0.29) is 4.90 Å². The third-order valence-electron chi connectivity index (χ3n) is 4.26. The summed E-state index contributed by atoms with van der Waals surface area (Å²) in [6.45, 7) is 0.390. The maximum atomic E-state index is 11.5. The lowest BCUT2D eigenvalue weighted by Gasteiger charge is -2.23. The molecule has 0 saturated carbocycles. The molecule has 2 N–H and O–H groups in total. The van der Waals surface area contributed by atoms with E-state index in [1.54, 1.807) is 41.5 Å². The number of hydrogen-bond acceptors (Lipinski definition) is 7. The molecule has 29 heavy (non-hydrogen) atoms. The molecular weight excluding hydrogens is 392 g/mol. The van der Waals surface area contributed by atoms with Gasteiger partial charge in [-0.1, -0.05) is 12.1 Å². The quantitative estimate of drug-likeness (QED) is 0.509. The van der Waals surface area contributed by atoms with E-state index in [1.807, 2.05) is 35.0 Å². The Morgan fingerprint density at radius 3 is 2.55 bits per heavy atom. The Labute approximate surface area is 167 Å². The Morgan fingerprint density at radius 1 is 1.14 bits per heavy atom. The Morgan fingerprint density at radius 2 is 1.93 bits per heavy atom. The van der Waals surface area contributed by atoms with Crippen LogP contribution in [0.25, 0.3) is 5.69 Å². The van der Waals surface area contributed by atoms with E-state index >= 15 is 0 Å². The number of imidazole rings is 1. The van der Waals surface area contributed by atoms with Crippen molar-refractivity contribution in [3.8, 4) is 5.69 Å². The van der Waals surface area contributed by atoms with Crippen LogP contribution in [0.15, 0.2) is 72.3 Å². The molecule has 0 aliphatic heterocycles. The molecule has 11 heteroatoms. The van der Waals surface area contributed by atoms with Crippen LogP contribution in [0.3, 0.4) is 0 Å². The fourth-order valence-corrected chi connectivity index (χ4v) is 3.40. The van der Waals surface area contributed by atoms with Crippen molar-refractivity contribution in [3.63, 3.8) is 0 Å². The van der Waals surface area contributed by atoms with E-state index in [1.165, 1.54) is 12.1 Å². The Balaban J connectivity index is 1.74. The molecule has 3 heterocycles. The highest BCUT2D eigenvalue weighted by molar-refractivity contribution is 7.89. The molecule has 148 valence electrons. The smallest absolute Gasteiger partial charge is 0.238 e. The van der Waals surface area contributed by atoms with E-state index in [0.29, 0.717) is 18.3 Å². The van der Waals surface area contributed by atoms with Gasteiger partial charge in [-0.15, -0.1) is 5.10 Å². The number of primary sulfonamides is 1. The Hall–Kier alpha value is -3.57. The normalized spacial score (nSPS) is 11.5. The number of benzene rings is 1. The number of rotatable bonds is 6. The molecule has 0 amide bonds. The average molecular weight is 410 g/mol. The first-order valence-corrected chi connectivity index (χ1v) is 10.2. The second-order valence-electron chi connectivity index (χ2n) is 6.33. The molecule has 0 bridgehead atoms. The summed E-state index contributed by atoms with van der Waals surface area (Å²) in [5.41, 5.74) is 1.70. The van der Waals surface area contributed by atoms with Gasteiger partial charge < -0.3 is 0 Å². The van der Waals surface area contributed by atoms with Gasteiger partial charge in [0.2, 0.25) is 16.0 Å². The summed E-state index contributed by atoms with van der Waals surface area (Å²) in [6, 6.07) is 9.99. The second-order valence-corrected chi connectivity index (χ2v) is 7.89. The van der Waals surface area contributed by atoms with E-state index in [2.05, 4.69) is 20.3 Å². The average Bonchev–Trinajstić information content (AvgIpc) is 3.35. The van der Waals surface area contributed by atoms with Gasteiger partial charge in [0, 0.05) is 31.8 Å². The zero-order valence-corrected chi connectivity index (χ0v) is 16.3. The van der Waals surface area contributed by atoms with Gasteiger partial charge >= 0.3 is 0 Å². The zero-order valence-electron chi connectivity index (χ0n) is 15.5. The molecule has 0 fully saturated rings. The maximum absolute atomic E-state index is 11.5. The molecular formula is C18H18N8O2S. The predicted molar refractivity (Wildman–Crippen MR) is 106 cm³/mol. The van der Waals surface area contributed by atoms with Crippen molar-refractivity contribution in [2.24, 2.45) is 12.2 Å². The van der Waals surface area contributed by atoms with Crippen molar-refractivity contribution in [1.29, 1.82) is 0 Å². The van der Waals surface area contributed by atoms with Crippen LogP contribution < -0.4 is 10.0 Å². The summed E-state index contributed by atoms with van der Waals surface area (Å²) in [5, 5.41) is 17.6. The van der Waals surface area contributed by atoms with Gasteiger partial charge in [-0.3, -0.25) is 14.1 Å². The van der Waals surface area contributed by atoms with E-state index in [0.717, 1.165) is 11.3 Å². The van der Waals surface area contributed by atoms with Crippen molar-refractivity contribution >= 4 is 21.8 Å². The summed E-state index contributed by atoms with van der Waals surface area (Å²) in [4.78, 5) is 6.44. The highest BCUT2D eigenvalue weighted by atomic mass is 32.2. The number of nitrogens with two attached hydrogens (primary N) is 1. The molecule has 4 rings (SSSR count). The molecule has 0 unspecified atom stereocenters. The first-order chi connectivity index (χ1) is 13.9. The summed E-state index contributed by atoms with van der Waals surface area (Å²) in [7, 11) is -1.90. The van der Waals surface area contributed by atoms with E-state index in [9.17, 15) is 8.42 Å². The van der Waals surface area contributed by atoms with Crippen molar-refractivity contribution in [3.05, 3.63) is 72.9 Å². The Kier molecular flexibility index (Phi) is 4.82. The molecule has 1 aromatic carbocycles. The molecule has 0 aliphatic carbocycles. The monoisotopic (exact) mass is 410 g/mol. The third kappa shape index (κ3) is 4.00. The summed E-state index contributed by atoms with van der Waals surface area (Å²) < 4.78 is 26.6. The van der Waals surface area contributed by atoms with E-state index in [4.69, 9.17) is 5.14 Å². The summed E-state index contributed by atoms with van der Waals surface area (Å²) in [5.74, 6) is 1.22. The number of anilines is 2. The fraction of sp³-hybridized carbons (Fsp3) is 0.111. The summed E-state index contributed by atoms with van der Waals surface area (Å²) >= 11 is 0. The van der Waals surface area contributed by atoms with Gasteiger partial charge in [0.15, 0.2) is 5.82 Å². The van der Waals surface area contributed by atoms with Gasteiger partial charge in [0.25, 0.3) is 0 Å². The topological polar surface area (TPSA) is 125 Å². The standard InChI is InChI=1S/C18H18N8O2S/c1-24-13-15(11-22-24)25-10-9-20-18(25)26(17-3-2-8-21-23-17)12-14-4-6-16(7-5-14)29(19,27)28/h2-11,13H,12H2,1H3,(H2,19,27,28). The van der Waals surface area contributed by atoms with Crippen molar-refractivity contribution in [2.75, 3.05) is 4.90 Å². The summed E-state index contributed by atoms with van der Waals surface area (Å²) in [6.07, 6.45) is 8.73. The van der Waals surface area contributed by atoms with Gasteiger partial charge in [-0.25, -0.2) is 18.5 Å². The number of aryl methyl sites for hydroxylation is 1. The van der Waals surface area contributed by atoms with Crippen LogP contribution in [-0.4, -0.2) is 37.9 Å². The lowest BCUT2D eigenvalue weighted by molar-refractivity contribution is 0.598. The highest BCUT2D eigenvalue weighted by Gasteiger charge is 2.19. The molecule has 0 atom stereocenters. The molecule has 10 nitrogen and oxygen atoms in total. The minimum atomic E-state index is -3.75. The van der Waals surface area contributed by atoms with Crippen LogP contribution in [0.2, 0.25) is 0 Å². The second kappa shape index (κ2) is 7.45. The number of hydrogen-bond donors (Lipinski definition) is 1. The minimum Gasteiger partial charge on any atom is -0.290 e. The SMILES string of the molecule is Cn1cc(-n2ccnc2N(Cc2ccc(S(N)(=O)=O)cc2)c2cccnn2)cn1. The Bertz CT molecular complexity index is 1220. The van der Waals surface area contributed by atoms with Crippen LogP contribution in [0.4, 0.5) is 11.8 Å². The lowest BCUT2D eigenvalue weighted by Crippen LogP contribution is -2.21. The highest BCUT2D eigenvalue weighted by Crippen LogP contribution is 2.26. The van der Waals surface area contributed by atoms with Crippen LogP contribution in [0, 0.1) is 0 Å². The molecule has 4 aromatic rings. The maximum Gasteiger partial charge on any atom is 0.238 e. The van der Waals surface area contributed by atoms with E-state index < -0.39 is 10.0 Å². The minimum absolute atomic E-state index is 0.0594. The van der Waals surface area contributed by atoms with Crippen molar-refractivity contribution in [2.45, 2.75) is 11.4 Å². The molecule has 0 spiro atoms. The third-order valence-corrected chi connectivity index (χ3v) is 5.19. The largest absolute Gasteiger partial charge is 0.290 e. The molecule has 0 aliphatic rings. The van der Waals surface area contributed by atoms with Crippen LogP contribution >= 0.6 is 0 Å². The first kappa shape index (κ1) is 18.8. The van der Waals surface area contributed by atoms with Gasteiger partial charge in [0.05, 0.1) is 23.3 Å². The van der Waals surface area contributed by atoms with Gasteiger partial charge in [-0.05, 0) is 29.8 Å². The fourth-order valence-electron chi connectivity index (χ4n) is 2.89. The lowest BCUT2D eigenvalue weighted by atomic mass is 10.2. The van der Waals surface area contributed by atoms with Gasteiger partial charge in [0.1, 0.15) is 0 Å². The molecule has 3 aromatic heterocycles. The number of nitrogens with zero attached hydrogens (tertiary/aromatic N) is 7. The predicted octanol–water partition coefficient (Wildman–Crippen LogP) is 1.38. The van der Waals surface area contributed by atoms with Crippen molar-refractivity contribution in [1.82, 2.24) is 29.5 Å². The number of aromatic nitrogens is 6. The van der Waals surface area contributed by atoms with Crippen LogP contribution in [0.5, 0.6) is 0 Å². The first-order valence-electron chi connectivity index (χ1n) is 8.61. The zero-order chi connectivity index (χ0) is 20.4. The van der Waals surface area contributed by atoms with Crippen molar-refractivity contribution < 1.29 is 8.42 Å². The number of sulfonamides is 1. The van der Waals surface area contributed by atoms with Gasteiger partial charge in [-0.2, -0.15) is 10.2 Å². The van der Waals surface area contributed by atoms with Crippen LogP contribution in [-0.2, 0) is 23.6 Å². The molecule has 0 radical (unpaired) electrons.